The van der Waals surface area contributed by atoms with Gasteiger partial charge in [0.2, 0.25) is 0 Å². The summed E-state index contributed by atoms with van der Waals surface area (Å²) < 4.78 is 15.3. The summed E-state index contributed by atoms with van der Waals surface area (Å²) in [4.78, 5) is 14.5. The molecule has 0 radical (unpaired) electrons. The standard InChI is InChI=1S/C17H21FN6/c18-13-5-6-14-15(10-13)22-17(21-14)16-4-1-2-7-23(16)8-3-9-24-12-19-11-20-24/h5-6,10-12,16H,1-4,7-9H2,(H,21,22)/t16-/m1/s1. The van der Waals surface area contributed by atoms with E-state index < -0.39 is 0 Å². The van der Waals surface area contributed by atoms with Crippen LogP contribution in [0.5, 0.6) is 0 Å². The summed E-state index contributed by atoms with van der Waals surface area (Å²) in [5, 5.41) is 4.15. The first-order valence-electron chi connectivity index (χ1n) is 8.51. The van der Waals surface area contributed by atoms with Gasteiger partial charge >= 0.3 is 0 Å². The monoisotopic (exact) mass is 328 g/mol. The van der Waals surface area contributed by atoms with Crippen LogP contribution in [0.2, 0.25) is 0 Å². The van der Waals surface area contributed by atoms with Gasteiger partial charge in [-0.2, -0.15) is 5.10 Å². The van der Waals surface area contributed by atoms with Gasteiger partial charge in [-0.15, -0.1) is 0 Å². The number of hydrogen-bond donors (Lipinski definition) is 1. The number of benzene rings is 1. The summed E-state index contributed by atoms with van der Waals surface area (Å²) in [6.07, 6.45) is 7.85. The molecule has 0 aliphatic carbocycles. The average molecular weight is 328 g/mol. The third-order valence-corrected chi connectivity index (χ3v) is 4.69. The number of aromatic nitrogens is 5. The van der Waals surface area contributed by atoms with E-state index in [0.29, 0.717) is 0 Å². The minimum absolute atomic E-state index is 0.231. The predicted octanol–water partition coefficient (Wildman–Crippen LogP) is 2.91. The quantitative estimate of drug-likeness (QED) is 0.782. The number of imidazole rings is 1. The molecule has 3 aromatic rings. The molecule has 1 aliphatic rings. The number of likely N-dealkylation sites (tertiary alicyclic amines) is 1. The summed E-state index contributed by atoms with van der Waals surface area (Å²) in [6, 6.07) is 5.00. The molecule has 0 saturated carbocycles. The second-order valence-electron chi connectivity index (χ2n) is 6.34. The lowest BCUT2D eigenvalue weighted by Gasteiger charge is -2.34. The molecular formula is C17H21FN6. The van der Waals surface area contributed by atoms with E-state index in [-0.39, 0.29) is 11.9 Å². The lowest BCUT2D eigenvalue weighted by atomic mass is 10.0. The smallest absolute Gasteiger partial charge is 0.137 e. The van der Waals surface area contributed by atoms with E-state index >= 15 is 0 Å². The number of hydrogen-bond acceptors (Lipinski definition) is 4. The predicted molar refractivity (Wildman–Crippen MR) is 88.9 cm³/mol. The molecule has 0 spiro atoms. The van der Waals surface area contributed by atoms with Crippen molar-refractivity contribution in [3.8, 4) is 0 Å². The third kappa shape index (κ3) is 3.17. The Morgan fingerprint density at radius 1 is 1.25 bits per heavy atom. The Hall–Kier alpha value is -2.28. The van der Waals surface area contributed by atoms with Crippen molar-refractivity contribution in [1.82, 2.24) is 29.6 Å². The molecule has 0 unspecified atom stereocenters. The van der Waals surface area contributed by atoms with Crippen LogP contribution < -0.4 is 0 Å². The molecule has 3 heterocycles. The first kappa shape index (κ1) is 15.3. The molecule has 0 bridgehead atoms. The van der Waals surface area contributed by atoms with Crippen LogP contribution >= 0.6 is 0 Å². The molecule has 1 aromatic carbocycles. The van der Waals surface area contributed by atoms with Crippen LogP contribution in [-0.4, -0.2) is 42.7 Å². The van der Waals surface area contributed by atoms with E-state index in [2.05, 4.69) is 20.0 Å². The number of rotatable bonds is 5. The Balaban J connectivity index is 1.47. The number of halogens is 1. The van der Waals surface area contributed by atoms with Gasteiger partial charge in [-0.25, -0.2) is 14.4 Å². The Kier molecular flexibility index (Phi) is 4.25. The topological polar surface area (TPSA) is 62.6 Å². The molecule has 1 fully saturated rings. The SMILES string of the molecule is Fc1ccc2nc([C@H]3CCCCN3CCCn3cncn3)[nH]c2c1. The third-order valence-electron chi connectivity index (χ3n) is 4.69. The maximum atomic E-state index is 13.4. The van der Waals surface area contributed by atoms with Gasteiger partial charge in [-0.3, -0.25) is 9.58 Å². The fourth-order valence-corrected chi connectivity index (χ4v) is 3.51. The van der Waals surface area contributed by atoms with Crippen molar-refractivity contribution in [2.45, 2.75) is 38.3 Å². The van der Waals surface area contributed by atoms with Crippen LogP contribution in [0.25, 0.3) is 11.0 Å². The van der Waals surface area contributed by atoms with Crippen LogP contribution in [0.15, 0.2) is 30.9 Å². The molecule has 1 atom stereocenters. The molecule has 24 heavy (non-hydrogen) atoms. The molecule has 2 aromatic heterocycles. The summed E-state index contributed by atoms with van der Waals surface area (Å²) >= 11 is 0. The number of aryl methyl sites for hydroxylation is 1. The van der Waals surface area contributed by atoms with Crippen molar-refractivity contribution in [3.05, 3.63) is 42.5 Å². The second-order valence-corrected chi connectivity index (χ2v) is 6.34. The van der Waals surface area contributed by atoms with E-state index in [1.807, 2.05) is 4.68 Å². The largest absolute Gasteiger partial charge is 0.341 e. The van der Waals surface area contributed by atoms with Crippen LogP contribution in [0.4, 0.5) is 4.39 Å². The molecule has 0 amide bonds. The van der Waals surface area contributed by atoms with Crippen molar-refractivity contribution >= 4 is 11.0 Å². The lowest BCUT2D eigenvalue weighted by molar-refractivity contribution is 0.138. The van der Waals surface area contributed by atoms with Gasteiger partial charge in [0.05, 0.1) is 17.1 Å². The molecule has 4 rings (SSSR count). The highest BCUT2D eigenvalue weighted by atomic mass is 19.1. The van der Waals surface area contributed by atoms with Gasteiger partial charge in [0.25, 0.3) is 0 Å². The second kappa shape index (κ2) is 6.68. The highest BCUT2D eigenvalue weighted by Gasteiger charge is 2.26. The number of H-pyrrole nitrogens is 1. The van der Waals surface area contributed by atoms with Crippen LogP contribution in [0.1, 0.15) is 37.5 Å². The van der Waals surface area contributed by atoms with Gasteiger partial charge in [0.15, 0.2) is 0 Å². The maximum Gasteiger partial charge on any atom is 0.137 e. The molecular weight excluding hydrogens is 307 g/mol. The summed E-state index contributed by atoms with van der Waals surface area (Å²) in [5.41, 5.74) is 1.61. The first-order chi connectivity index (χ1) is 11.8. The van der Waals surface area contributed by atoms with Crippen molar-refractivity contribution in [2.24, 2.45) is 0 Å². The average Bonchev–Trinajstić information content (AvgIpc) is 3.24. The number of piperidine rings is 1. The number of aromatic amines is 1. The Morgan fingerprint density at radius 3 is 3.08 bits per heavy atom. The highest BCUT2D eigenvalue weighted by Crippen LogP contribution is 2.30. The number of nitrogens with one attached hydrogen (secondary N) is 1. The maximum absolute atomic E-state index is 13.4. The molecule has 7 heteroatoms. The lowest BCUT2D eigenvalue weighted by Crippen LogP contribution is -2.35. The molecule has 1 N–H and O–H groups in total. The molecule has 6 nitrogen and oxygen atoms in total. The van der Waals surface area contributed by atoms with E-state index in [9.17, 15) is 4.39 Å². The van der Waals surface area contributed by atoms with Gasteiger partial charge in [0, 0.05) is 13.1 Å². The van der Waals surface area contributed by atoms with Gasteiger partial charge in [-0.1, -0.05) is 6.42 Å². The van der Waals surface area contributed by atoms with Crippen molar-refractivity contribution in [2.75, 3.05) is 13.1 Å². The van der Waals surface area contributed by atoms with Crippen LogP contribution in [-0.2, 0) is 6.54 Å². The minimum Gasteiger partial charge on any atom is -0.341 e. The zero-order valence-corrected chi connectivity index (χ0v) is 13.5. The zero-order valence-electron chi connectivity index (χ0n) is 13.5. The minimum atomic E-state index is -0.231. The summed E-state index contributed by atoms with van der Waals surface area (Å²) in [6.45, 7) is 2.94. The van der Waals surface area contributed by atoms with E-state index in [4.69, 9.17) is 4.98 Å². The number of fused-ring (bicyclic) bond motifs is 1. The fraction of sp³-hybridized carbons (Fsp3) is 0.471. The number of nitrogens with zero attached hydrogens (tertiary/aromatic N) is 5. The Labute approximate surface area is 139 Å². The van der Waals surface area contributed by atoms with E-state index in [0.717, 1.165) is 49.3 Å². The highest BCUT2D eigenvalue weighted by molar-refractivity contribution is 5.75. The van der Waals surface area contributed by atoms with E-state index in [1.165, 1.54) is 25.0 Å². The zero-order chi connectivity index (χ0) is 16.4. The molecule has 1 aliphatic heterocycles. The Morgan fingerprint density at radius 2 is 2.21 bits per heavy atom. The van der Waals surface area contributed by atoms with Crippen molar-refractivity contribution in [3.63, 3.8) is 0 Å². The fourth-order valence-electron chi connectivity index (χ4n) is 3.51. The summed E-state index contributed by atoms with van der Waals surface area (Å²) in [5.74, 6) is 0.724. The van der Waals surface area contributed by atoms with Crippen molar-refractivity contribution in [1.29, 1.82) is 0 Å². The van der Waals surface area contributed by atoms with Gasteiger partial charge in [-0.05, 0) is 44.0 Å². The molecule has 126 valence electrons. The first-order valence-corrected chi connectivity index (χ1v) is 8.51. The normalized spacial score (nSPS) is 19.1. The Bertz CT molecular complexity index is 797. The van der Waals surface area contributed by atoms with Gasteiger partial charge in [0.1, 0.15) is 24.3 Å². The molecule has 1 saturated heterocycles. The van der Waals surface area contributed by atoms with Crippen LogP contribution in [0, 0.1) is 5.82 Å². The summed E-state index contributed by atoms with van der Waals surface area (Å²) in [7, 11) is 0. The van der Waals surface area contributed by atoms with Gasteiger partial charge < -0.3 is 4.98 Å². The van der Waals surface area contributed by atoms with Crippen LogP contribution in [0.3, 0.4) is 0 Å². The van der Waals surface area contributed by atoms with Crippen molar-refractivity contribution < 1.29 is 4.39 Å². The van der Waals surface area contributed by atoms with E-state index in [1.54, 1.807) is 18.7 Å².